The van der Waals surface area contributed by atoms with Gasteiger partial charge in [0.2, 0.25) is 10.9 Å². The number of carbonyl (C=O) groups excluding carboxylic acids is 1. The first kappa shape index (κ1) is 20.4. The van der Waals surface area contributed by atoms with E-state index < -0.39 is 11.9 Å². The highest BCUT2D eigenvalue weighted by Gasteiger charge is 2.45. The number of methoxy groups -OCH3 is 1. The fourth-order valence-electron chi connectivity index (χ4n) is 4.04. The van der Waals surface area contributed by atoms with Crippen molar-refractivity contribution in [2.45, 2.75) is 32.7 Å². The van der Waals surface area contributed by atoms with E-state index in [1.807, 2.05) is 31.2 Å². The van der Waals surface area contributed by atoms with Crippen LogP contribution in [-0.4, -0.2) is 23.2 Å². The summed E-state index contributed by atoms with van der Waals surface area (Å²) in [5, 5.41) is 9.82. The van der Waals surface area contributed by atoms with E-state index in [1.54, 1.807) is 18.2 Å². The Hall–Kier alpha value is -3.52. The number of hydrogen-bond donors (Lipinski definition) is 0. The highest BCUT2D eigenvalue weighted by atomic mass is 32.1. The lowest BCUT2D eigenvalue weighted by atomic mass is 9.95. The Kier molecular flexibility index (Phi) is 4.82. The van der Waals surface area contributed by atoms with Gasteiger partial charge in [0.15, 0.2) is 5.43 Å². The van der Waals surface area contributed by atoms with Crippen molar-refractivity contribution in [3.05, 3.63) is 80.1 Å². The average Bonchev–Trinajstić information content (AvgIpc) is 3.34. The first-order chi connectivity index (χ1) is 15.4. The van der Waals surface area contributed by atoms with Crippen LogP contribution in [-0.2, 0) is 0 Å². The second-order valence-electron chi connectivity index (χ2n) is 8.04. The maximum atomic E-state index is 13.6. The topological polar surface area (TPSA) is 85.5 Å². The summed E-state index contributed by atoms with van der Waals surface area (Å²) in [5.41, 5.74) is 2.38. The van der Waals surface area contributed by atoms with Gasteiger partial charge in [-0.15, -0.1) is 10.2 Å². The second kappa shape index (κ2) is 7.56. The van der Waals surface area contributed by atoms with Gasteiger partial charge in [-0.2, -0.15) is 0 Å². The molecule has 0 N–H and O–H groups in total. The Bertz CT molecular complexity index is 1410. The number of nitrogens with zero attached hydrogens (tertiary/aromatic N) is 3. The van der Waals surface area contributed by atoms with Crippen molar-refractivity contribution < 1.29 is 13.9 Å². The lowest BCUT2D eigenvalue weighted by Gasteiger charge is -2.22. The monoisotopic (exact) mass is 447 g/mol. The van der Waals surface area contributed by atoms with Crippen molar-refractivity contribution >= 4 is 33.3 Å². The van der Waals surface area contributed by atoms with Crippen LogP contribution in [0.1, 0.15) is 58.1 Å². The molecule has 1 aliphatic rings. The average molecular weight is 448 g/mol. The van der Waals surface area contributed by atoms with Gasteiger partial charge in [-0.25, -0.2) is 0 Å². The molecule has 1 atom stereocenters. The quantitative estimate of drug-likeness (QED) is 0.445. The Morgan fingerprint density at radius 3 is 2.47 bits per heavy atom. The maximum Gasteiger partial charge on any atom is 0.297 e. The first-order valence-corrected chi connectivity index (χ1v) is 11.1. The Labute approximate surface area is 188 Å². The number of fused-ring (bicyclic) bond motifs is 2. The molecule has 0 aliphatic carbocycles. The number of ether oxygens (including phenoxy) is 1. The Morgan fingerprint density at radius 1 is 1.09 bits per heavy atom. The summed E-state index contributed by atoms with van der Waals surface area (Å²) in [7, 11) is 1.54. The van der Waals surface area contributed by atoms with Crippen LogP contribution in [0.4, 0.5) is 5.13 Å². The number of rotatable bonds is 4. The summed E-state index contributed by atoms with van der Waals surface area (Å²) in [5.74, 6) is 0.536. The Balaban J connectivity index is 1.76. The van der Waals surface area contributed by atoms with E-state index in [2.05, 4.69) is 24.0 Å². The van der Waals surface area contributed by atoms with Crippen LogP contribution in [0.5, 0.6) is 5.75 Å². The second-order valence-corrected chi connectivity index (χ2v) is 9.20. The molecule has 1 amide bonds. The molecule has 4 aromatic rings. The molecular formula is C24H21N3O4S. The molecule has 0 saturated heterocycles. The van der Waals surface area contributed by atoms with E-state index in [9.17, 15) is 9.59 Å². The zero-order valence-corrected chi connectivity index (χ0v) is 18.9. The zero-order chi connectivity index (χ0) is 22.6. The third-order valence-corrected chi connectivity index (χ3v) is 6.56. The Morgan fingerprint density at radius 2 is 1.84 bits per heavy atom. The van der Waals surface area contributed by atoms with Crippen molar-refractivity contribution in [2.24, 2.45) is 0 Å². The standard InChI is InChI=1S/C24H21N3O4S/c1-12(2)14-5-7-15(8-6-14)20-19-21(28)17-10-9-16(30-4)11-18(17)31-22(19)23(29)27(20)24-26-25-13(3)32-24/h5-12,20H,1-4H3. The summed E-state index contributed by atoms with van der Waals surface area (Å²) in [6.07, 6.45) is 0. The molecule has 0 saturated carbocycles. The molecule has 5 rings (SSSR count). The largest absolute Gasteiger partial charge is 0.497 e. The summed E-state index contributed by atoms with van der Waals surface area (Å²) in [4.78, 5) is 28.6. The van der Waals surface area contributed by atoms with E-state index in [0.717, 1.165) is 10.6 Å². The fraction of sp³-hybridized carbons (Fsp3) is 0.250. The molecule has 3 heterocycles. The molecule has 1 aliphatic heterocycles. The van der Waals surface area contributed by atoms with Gasteiger partial charge in [0.05, 0.1) is 24.1 Å². The molecule has 0 spiro atoms. The SMILES string of the molecule is COc1ccc2c(=O)c3c(oc2c1)C(=O)N(c1nnc(C)s1)C3c1ccc(C(C)C)cc1. The van der Waals surface area contributed by atoms with Crippen LogP contribution in [0, 0.1) is 6.92 Å². The van der Waals surface area contributed by atoms with Crippen molar-refractivity contribution in [1.82, 2.24) is 10.2 Å². The minimum absolute atomic E-state index is 0.0292. The first-order valence-electron chi connectivity index (χ1n) is 10.3. The molecule has 1 unspecified atom stereocenters. The minimum atomic E-state index is -0.645. The molecule has 2 aromatic heterocycles. The van der Waals surface area contributed by atoms with Gasteiger partial charge in [-0.1, -0.05) is 49.4 Å². The summed E-state index contributed by atoms with van der Waals surface area (Å²) in [6.45, 7) is 6.06. The third-order valence-electron chi connectivity index (χ3n) is 5.72. The smallest absolute Gasteiger partial charge is 0.297 e. The van der Waals surface area contributed by atoms with Crippen molar-refractivity contribution in [3.8, 4) is 5.75 Å². The molecule has 162 valence electrons. The van der Waals surface area contributed by atoms with Crippen LogP contribution >= 0.6 is 11.3 Å². The lowest BCUT2D eigenvalue weighted by Crippen LogP contribution is -2.29. The summed E-state index contributed by atoms with van der Waals surface area (Å²) < 4.78 is 11.2. The molecule has 2 aromatic carbocycles. The predicted octanol–water partition coefficient (Wildman–Crippen LogP) is 4.83. The normalized spacial score (nSPS) is 15.6. The molecule has 0 radical (unpaired) electrons. The van der Waals surface area contributed by atoms with Gasteiger partial charge < -0.3 is 9.15 Å². The van der Waals surface area contributed by atoms with Crippen molar-refractivity contribution in [2.75, 3.05) is 12.0 Å². The highest BCUT2D eigenvalue weighted by molar-refractivity contribution is 7.15. The number of benzene rings is 2. The van der Waals surface area contributed by atoms with Gasteiger partial charge in [0.1, 0.15) is 16.3 Å². The van der Waals surface area contributed by atoms with E-state index in [4.69, 9.17) is 9.15 Å². The highest BCUT2D eigenvalue weighted by Crippen LogP contribution is 2.42. The number of aromatic nitrogens is 2. The number of aryl methyl sites for hydroxylation is 1. The predicted molar refractivity (Wildman–Crippen MR) is 123 cm³/mol. The van der Waals surface area contributed by atoms with Crippen LogP contribution in [0.3, 0.4) is 0 Å². The van der Waals surface area contributed by atoms with E-state index in [-0.39, 0.29) is 11.2 Å². The molecule has 0 bridgehead atoms. The van der Waals surface area contributed by atoms with Crippen LogP contribution in [0.15, 0.2) is 51.7 Å². The van der Waals surface area contributed by atoms with E-state index >= 15 is 0 Å². The minimum Gasteiger partial charge on any atom is -0.497 e. The number of amides is 1. The van der Waals surface area contributed by atoms with Gasteiger partial charge in [-0.05, 0) is 36.1 Å². The van der Waals surface area contributed by atoms with Gasteiger partial charge in [-0.3, -0.25) is 14.5 Å². The molecule has 32 heavy (non-hydrogen) atoms. The van der Waals surface area contributed by atoms with E-state index in [0.29, 0.717) is 33.3 Å². The van der Waals surface area contributed by atoms with Crippen LogP contribution in [0.2, 0.25) is 0 Å². The number of carbonyl (C=O) groups is 1. The van der Waals surface area contributed by atoms with Crippen molar-refractivity contribution in [3.63, 3.8) is 0 Å². The zero-order valence-electron chi connectivity index (χ0n) is 18.1. The summed E-state index contributed by atoms with van der Waals surface area (Å²) >= 11 is 1.30. The fourth-order valence-corrected chi connectivity index (χ4v) is 4.75. The van der Waals surface area contributed by atoms with Gasteiger partial charge in [0, 0.05) is 6.07 Å². The molecule has 7 nitrogen and oxygen atoms in total. The molecule has 0 fully saturated rings. The third kappa shape index (κ3) is 3.10. The van der Waals surface area contributed by atoms with E-state index in [1.165, 1.54) is 28.9 Å². The lowest BCUT2D eigenvalue weighted by molar-refractivity contribution is 0.0970. The summed E-state index contributed by atoms with van der Waals surface area (Å²) in [6, 6.07) is 12.3. The van der Waals surface area contributed by atoms with Crippen molar-refractivity contribution in [1.29, 1.82) is 0 Å². The van der Waals surface area contributed by atoms with Crippen LogP contribution < -0.4 is 15.1 Å². The number of hydrogen-bond acceptors (Lipinski definition) is 7. The maximum absolute atomic E-state index is 13.6. The van der Waals surface area contributed by atoms with Crippen LogP contribution in [0.25, 0.3) is 11.0 Å². The van der Waals surface area contributed by atoms with Gasteiger partial charge in [0.25, 0.3) is 5.91 Å². The molecular weight excluding hydrogens is 426 g/mol. The van der Waals surface area contributed by atoms with Gasteiger partial charge >= 0.3 is 0 Å². The molecule has 8 heteroatoms. The number of anilines is 1.